The van der Waals surface area contributed by atoms with E-state index in [4.69, 9.17) is 0 Å². The Morgan fingerprint density at radius 2 is 1.75 bits per heavy atom. The molecule has 0 aliphatic carbocycles. The highest BCUT2D eigenvalue weighted by Crippen LogP contribution is 2.15. The third kappa shape index (κ3) is 4.78. The van der Waals surface area contributed by atoms with Gasteiger partial charge >= 0.3 is 0 Å². The van der Waals surface area contributed by atoms with E-state index in [2.05, 4.69) is 0 Å². The van der Waals surface area contributed by atoms with Gasteiger partial charge in [-0.05, 0) is 35.9 Å². The summed E-state index contributed by atoms with van der Waals surface area (Å²) >= 11 is 0. The van der Waals surface area contributed by atoms with Crippen LogP contribution in [0.1, 0.15) is 5.56 Å². The fraction of sp³-hybridized carbons (Fsp3) is 0.158. The fourth-order valence-corrected chi connectivity index (χ4v) is 2.05. The zero-order valence-electron chi connectivity index (χ0n) is 13.6. The van der Waals surface area contributed by atoms with Gasteiger partial charge in [0.1, 0.15) is 12.4 Å². The van der Waals surface area contributed by atoms with Crippen molar-refractivity contribution in [2.24, 2.45) is 0 Å². The van der Waals surface area contributed by atoms with Gasteiger partial charge in [-0.1, -0.05) is 30.3 Å². The van der Waals surface area contributed by atoms with Crippen LogP contribution >= 0.6 is 0 Å². The lowest BCUT2D eigenvalue weighted by atomic mass is 10.2. The van der Waals surface area contributed by atoms with Crippen molar-refractivity contribution in [2.75, 3.05) is 25.5 Å². The zero-order valence-corrected chi connectivity index (χ0v) is 13.6. The molecule has 0 aliphatic heterocycles. The quantitative estimate of drug-likeness (QED) is 0.793. The van der Waals surface area contributed by atoms with E-state index in [-0.39, 0.29) is 24.2 Å². The average molecular weight is 326 g/mol. The lowest BCUT2D eigenvalue weighted by Gasteiger charge is -2.22. The van der Waals surface area contributed by atoms with Gasteiger partial charge in [-0.3, -0.25) is 14.5 Å². The van der Waals surface area contributed by atoms with Crippen LogP contribution in [0.3, 0.4) is 0 Å². The molecule has 0 unspecified atom stereocenters. The molecule has 2 amide bonds. The molecule has 0 aromatic heterocycles. The van der Waals surface area contributed by atoms with Crippen molar-refractivity contribution in [1.29, 1.82) is 0 Å². The maximum atomic E-state index is 13.2. The summed E-state index contributed by atoms with van der Waals surface area (Å²) in [5.74, 6) is -0.903. The number of nitrogens with zero attached hydrogens (tertiary/aromatic N) is 2. The number of rotatable bonds is 5. The van der Waals surface area contributed by atoms with Crippen LogP contribution in [0.4, 0.5) is 10.1 Å². The summed E-state index contributed by atoms with van der Waals surface area (Å²) in [6.07, 6.45) is 2.87. The molecule has 0 radical (unpaired) electrons. The molecule has 0 spiro atoms. The molecule has 2 aromatic carbocycles. The van der Waals surface area contributed by atoms with E-state index in [1.54, 1.807) is 50.5 Å². The van der Waals surface area contributed by atoms with Crippen LogP contribution in [0.15, 0.2) is 60.7 Å². The fourth-order valence-electron chi connectivity index (χ4n) is 2.05. The molecule has 124 valence electrons. The Hall–Kier alpha value is -2.95. The molecule has 0 N–H and O–H groups in total. The summed E-state index contributed by atoms with van der Waals surface area (Å²) in [6.45, 7) is -0.0661. The lowest BCUT2D eigenvalue weighted by molar-refractivity contribution is -0.128. The summed E-state index contributed by atoms with van der Waals surface area (Å²) in [4.78, 5) is 27.4. The highest BCUT2D eigenvalue weighted by Gasteiger charge is 2.18. The van der Waals surface area contributed by atoms with Crippen LogP contribution < -0.4 is 4.90 Å². The van der Waals surface area contributed by atoms with Crippen LogP contribution in [-0.4, -0.2) is 37.4 Å². The van der Waals surface area contributed by atoms with E-state index in [9.17, 15) is 14.0 Å². The topological polar surface area (TPSA) is 40.6 Å². The maximum Gasteiger partial charge on any atom is 0.251 e. The summed E-state index contributed by atoms with van der Waals surface area (Å²) in [7, 11) is 3.27. The molecular weight excluding hydrogens is 307 g/mol. The summed E-state index contributed by atoms with van der Waals surface area (Å²) in [5.41, 5.74) is 1.21. The summed E-state index contributed by atoms with van der Waals surface area (Å²) in [6, 6.07) is 14.9. The second kappa shape index (κ2) is 8.06. The second-order valence-corrected chi connectivity index (χ2v) is 5.44. The Kier molecular flexibility index (Phi) is 5.84. The molecule has 0 aliphatic rings. The third-order valence-electron chi connectivity index (χ3n) is 3.39. The Morgan fingerprint density at radius 3 is 2.38 bits per heavy atom. The standard InChI is InChI=1S/C19H19FN2O2/c1-21(2)19(24)14-22(17-9-4-3-5-10-17)18(23)12-11-15-7-6-8-16(20)13-15/h3-13H,14H2,1-2H3/b12-11+. The Bertz CT molecular complexity index is 742. The van der Waals surface area contributed by atoms with Gasteiger partial charge in [0.25, 0.3) is 5.91 Å². The van der Waals surface area contributed by atoms with Crippen molar-refractivity contribution < 1.29 is 14.0 Å². The Balaban J connectivity index is 2.22. The molecule has 0 fully saturated rings. The predicted octanol–water partition coefficient (Wildman–Crippen LogP) is 2.96. The van der Waals surface area contributed by atoms with Crippen LogP contribution in [-0.2, 0) is 9.59 Å². The van der Waals surface area contributed by atoms with Gasteiger partial charge in [0.2, 0.25) is 5.91 Å². The Labute approximate surface area is 140 Å². The van der Waals surface area contributed by atoms with E-state index in [0.29, 0.717) is 11.3 Å². The van der Waals surface area contributed by atoms with Gasteiger partial charge in [0.05, 0.1) is 0 Å². The van der Waals surface area contributed by atoms with Gasteiger partial charge in [-0.2, -0.15) is 0 Å². The zero-order chi connectivity index (χ0) is 17.5. The second-order valence-electron chi connectivity index (χ2n) is 5.44. The van der Waals surface area contributed by atoms with Crippen molar-refractivity contribution >= 4 is 23.6 Å². The molecule has 0 bridgehead atoms. The Morgan fingerprint density at radius 1 is 1.04 bits per heavy atom. The lowest BCUT2D eigenvalue weighted by Crippen LogP contribution is -2.39. The molecular formula is C19H19FN2O2. The summed E-state index contributed by atoms with van der Waals surface area (Å²) < 4.78 is 13.2. The van der Waals surface area contributed by atoms with Crippen LogP contribution in [0.25, 0.3) is 6.08 Å². The SMILES string of the molecule is CN(C)C(=O)CN(C(=O)/C=C/c1cccc(F)c1)c1ccccc1. The first-order valence-corrected chi connectivity index (χ1v) is 7.47. The van der Waals surface area contributed by atoms with Gasteiger partial charge in [0, 0.05) is 25.9 Å². The third-order valence-corrected chi connectivity index (χ3v) is 3.39. The van der Waals surface area contributed by atoms with E-state index >= 15 is 0 Å². The number of anilines is 1. The minimum Gasteiger partial charge on any atom is -0.347 e. The number of carbonyl (C=O) groups is 2. The maximum absolute atomic E-state index is 13.2. The summed E-state index contributed by atoms with van der Waals surface area (Å²) in [5, 5.41) is 0. The first kappa shape index (κ1) is 17.4. The van der Waals surface area contributed by atoms with Crippen molar-refractivity contribution in [2.45, 2.75) is 0 Å². The van der Waals surface area contributed by atoms with Crippen LogP contribution in [0, 0.1) is 5.82 Å². The molecule has 0 saturated heterocycles. The molecule has 0 saturated carbocycles. The number of likely N-dealkylation sites (N-methyl/N-ethyl adjacent to an activating group) is 1. The monoisotopic (exact) mass is 326 g/mol. The minimum atomic E-state index is -0.368. The van der Waals surface area contributed by atoms with Crippen molar-refractivity contribution in [3.63, 3.8) is 0 Å². The van der Waals surface area contributed by atoms with Crippen molar-refractivity contribution in [1.82, 2.24) is 4.90 Å². The minimum absolute atomic E-state index is 0.0661. The van der Waals surface area contributed by atoms with Gasteiger partial charge in [-0.15, -0.1) is 0 Å². The number of hydrogen-bond donors (Lipinski definition) is 0. The molecule has 0 heterocycles. The average Bonchev–Trinajstić information content (AvgIpc) is 2.58. The first-order valence-electron chi connectivity index (χ1n) is 7.47. The van der Waals surface area contributed by atoms with Crippen molar-refractivity contribution in [3.05, 3.63) is 72.1 Å². The molecule has 4 nitrogen and oxygen atoms in total. The number of benzene rings is 2. The number of amides is 2. The first-order chi connectivity index (χ1) is 11.5. The molecule has 0 atom stereocenters. The van der Waals surface area contributed by atoms with E-state index in [1.807, 2.05) is 6.07 Å². The molecule has 2 aromatic rings. The van der Waals surface area contributed by atoms with E-state index in [1.165, 1.54) is 34.1 Å². The van der Waals surface area contributed by atoms with E-state index in [0.717, 1.165) is 0 Å². The number of halogens is 1. The van der Waals surface area contributed by atoms with Gasteiger partial charge in [-0.25, -0.2) is 4.39 Å². The highest BCUT2D eigenvalue weighted by molar-refractivity contribution is 6.06. The number of hydrogen-bond acceptors (Lipinski definition) is 2. The number of carbonyl (C=O) groups excluding carboxylic acids is 2. The smallest absolute Gasteiger partial charge is 0.251 e. The molecule has 24 heavy (non-hydrogen) atoms. The normalized spacial score (nSPS) is 10.6. The van der Waals surface area contributed by atoms with Crippen molar-refractivity contribution in [3.8, 4) is 0 Å². The number of para-hydroxylation sites is 1. The highest BCUT2D eigenvalue weighted by atomic mass is 19.1. The van der Waals surface area contributed by atoms with Gasteiger partial charge in [0.15, 0.2) is 0 Å². The van der Waals surface area contributed by atoms with Crippen LogP contribution in [0.2, 0.25) is 0 Å². The molecule has 2 rings (SSSR count). The molecule has 5 heteroatoms. The largest absolute Gasteiger partial charge is 0.347 e. The van der Waals surface area contributed by atoms with Gasteiger partial charge < -0.3 is 4.90 Å². The van der Waals surface area contributed by atoms with E-state index < -0.39 is 0 Å². The van der Waals surface area contributed by atoms with Crippen LogP contribution in [0.5, 0.6) is 0 Å². The predicted molar refractivity (Wildman–Crippen MR) is 92.9 cm³/mol.